The van der Waals surface area contributed by atoms with E-state index in [4.69, 9.17) is 19.9 Å². The molecule has 0 radical (unpaired) electrons. The van der Waals surface area contributed by atoms with Crippen molar-refractivity contribution < 1.29 is 0 Å². The van der Waals surface area contributed by atoms with Crippen LogP contribution in [0.15, 0.2) is 188 Å². The summed E-state index contributed by atoms with van der Waals surface area (Å²) in [7, 11) is 0. The van der Waals surface area contributed by atoms with Gasteiger partial charge in [0.25, 0.3) is 0 Å². The Morgan fingerprint density at radius 2 is 1.02 bits per heavy atom. The third kappa shape index (κ3) is 5.38. The first-order valence-electron chi connectivity index (χ1n) is 18.6. The van der Waals surface area contributed by atoms with Crippen molar-refractivity contribution in [1.82, 2.24) is 24.5 Å². The van der Waals surface area contributed by atoms with Crippen LogP contribution in [0.5, 0.6) is 0 Å². The Kier molecular flexibility index (Phi) is 7.60. The van der Waals surface area contributed by atoms with E-state index < -0.39 is 0 Å². The topological polar surface area (TPSA) is 56.5 Å². The quantitative estimate of drug-likeness (QED) is 0.171. The fourth-order valence-electron chi connectivity index (χ4n) is 7.92. The summed E-state index contributed by atoms with van der Waals surface area (Å²) in [4.78, 5) is 20.4. The monoisotopic (exact) mass is 733 g/mol. The fourth-order valence-corrected chi connectivity index (χ4v) is 9.16. The lowest BCUT2D eigenvalue weighted by Crippen LogP contribution is -2.04. The number of rotatable bonds is 6. The fraction of sp³-hybridized carbons (Fsp3) is 0. The highest BCUT2D eigenvalue weighted by atomic mass is 32.1. The second kappa shape index (κ2) is 13.2. The molecule has 0 saturated heterocycles. The van der Waals surface area contributed by atoms with Crippen LogP contribution < -0.4 is 0 Å². The van der Waals surface area contributed by atoms with Crippen molar-refractivity contribution in [3.63, 3.8) is 0 Å². The molecule has 0 fully saturated rings. The predicted octanol–water partition coefficient (Wildman–Crippen LogP) is 13.1. The van der Waals surface area contributed by atoms with Crippen LogP contribution in [0.4, 0.5) is 0 Å². The first kappa shape index (κ1) is 32.2. The summed E-state index contributed by atoms with van der Waals surface area (Å²) in [5.41, 5.74) is 10.1. The van der Waals surface area contributed by atoms with E-state index in [2.05, 4.69) is 150 Å². The summed E-state index contributed by atoms with van der Waals surface area (Å²) >= 11 is 1.84. The Balaban J connectivity index is 1.15. The van der Waals surface area contributed by atoms with Gasteiger partial charge in [0.15, 0.2) is 17.5 Å². The Morgan fingerprint density at radius 1 is 0.393 bits per heavy atom. The Bertz CT molecular complexity index is 3200. The van der Waals surface area contributed by atoms with Gasteiger partial charge in [-0.25, -0.2) is 15.0 Å². The molecule has 0 unspecified atom stereocenters. The van der Waals surface area contributed by atoms with E-state index >= 15 is 0 Å². The molecule has 4 heterocycles. The van der Waals surface area contributed by atoms with Gasteiger partial charge in [0.1, 0.15) is 0 Å². The number of hydrogen-bond donors (Lipinski definition) is 0. The molecule has 11 rings (SSSR count). The van der Waals surface area contributed by atoms with Crippen molar-refractivity contribution in [3.8, 4) is 62.2 Å². The molecular formula is C50H31N5S. The number of aromatic nitrogens is 5. The van der Waals surface area contributed by atoms with Crippen LogP contribution in [0.25, 0.3) is 104 Å². The maximum Gasteiger partial charge on any atom is 0.166 e. The summed E-state index contributed by atoms with van der Waals surface area (Å²) < 4.78 is 4.90. The summed E-state index contributed by atoms with van der Waals surface area (Å²) in [6.45, 7) is 0. The van der Waals surface area contributed by atoms with E-state index in [1.165, 1.54) is 36.5 Å². The molecule has 0 spiro atoms. The highest BCUT2D eigenvalue weighted by Gasteiger charge is 2.21. The molecule has 0 bridgehead atoms. The largest absolute Gasteiger partial charge is 0.308 e. The van der Waals surface area contributed by atoms with Gasteiger partial charge in [-0.2, -0.15) is 0 Å². The Labute approximate surface area is 326 Å². The molecule has 0 saturated carbocycles. The van der Waals surface area contributed by atoms with Gasteiger partial charge < -0.3 is 4.57 Å². The maximum absolute atomic E-state index is 5.32. The van der Waals surface area contributed by atoms with Crippen molar-refractivity contribution in [2.75, 3.05) is 0 Å². The minimum atomic E-state index is 0.593. The van der Waals surface area contributed by atoms with Crippen molar-refractivity contribution in [2.45, 2.75) is 0 Å². The third-order valence-corrected chi connectivity index (χ3v) is 11.7. The molecule has 0 N–H and O–H groups in total. The minimum absolute atomic E-state index is 0.593. The zero-order valence-corrected chi connectivity index (χ0v) is 30.9. The molecule has 262 valence electrons. The van der Waals surface area contributed by atoms with Crippen molar-refractivity contribution in [1.29, 1.82) is 0 Å². The van der Waals surface area contributed by atoms with Crippen LogP contribution in [0.3, 0.4) is 0 Å². The third-order valence-electron chi connectivity index (χ3n) is 10.5. The van der Waals surface area contributed by atoms with Gasteiger partial charge in [-0.05, 0) is 59.7 Å². The van der Waals surface area contributed by atoms with Crippen LogP contribution in [-0.4, -0.2) is 24.5 Å². The number of hydrogen-bond acceptors (Lipinski definition) is 5. The van der Waals surface area contributed by atoms with E-state index in [1.807, 2.05) is 53.9 Å². The first-order chi connectivity index (χ1) is 27.8. The molecule has 6 heteroatoms. The SMILES string of the molecule is c1ccc(-c2nc(-c3cccc(-c4cccc5c4sc4ccccc45)c3)nc(-c3ccc(-c4ccccn4)cc3-n3c4ccccc4c4ccccc43)n2)cc1. The average Bonchev–Trinajstić information content (AvgIpc) is 3.83. The molecule has 5 nitrogen and oxygen atoms in total. The Morgan fingerprint density at radius 3 is 1.80 bits per heavy atom. The zero-order valence-electron chi connectivity index (χ0n) is 30.0. The molecule has 56 heavy (non-hydrogen) atoms. The van der Waals surface area contributed by atoms with Crippen LogP contribution >= 0.6 is 11.3 Å². The summed E-state index contributed by atoms with van der Waals surface area (Å²) in [5.74, 6) is 1.82. The Hall–Kier alpha value is -7.28. The number of para-hydroxylation sites is 2. The van der Waals surface area contributed by atoms with Crippen molar-refractivity contribution >= 4 is 53.3 Å². The number of nitrogens with zero attached hydrogens (tertiary/aromatic N) is 5. The molecule has 0 aliphatic rings. The molecule has 0 amide bonds. The van der Waals surface area contributed by atoms with Crippen LogP contribution in [0, 0.1) is 0 Å². The van der Waals surface area contributed by atoms with Crippen molar-refractivity contribution in [3.05, 3.63) is 188 Å². The first-order valence-corrected chi connectivity index (χ1v) is 19.5. The van der Waals surface area contributed by atoms with E-state index in [0.29, 0.717) is 17.5 Å². The van der Waals surface area contributed by atoms with Gasteiger partial charge >= 0.3 is 0 Å². The molecule has 0 aliphatic carbocycles. The van der Waals surface area contributed by atoms with Gasteiger partial charge in [0.2, 0.25) is 0 Å². The van der Waals surface area contributed by atoms with Gasteiger partial charge in [-0.15, -0.1) is 11.3 Å². The molecule has 0 atom stereocenters. The lowest BCUT2D eigenvalue weighted by molar-refractivity contribution is 1.06. The van der Waals surface area contributed by atoms with E-state index in [0.717, 1.165) is 50.2 Å². The normalized spacial score (nSPS) is 11.6. The zero-order chi connectivity index (χ0) is 37.0. The number of pyridine rings is 1. The second-order valence-corrected chi connectivity index (χ2v) is 14.9. The van der Waals surface area contributed by atoms with Gasteiger partial charge in [0, 0.05) is 59.4 Å². The van der Waals surface area contributed by atoms with Crippen LogP contribution in [0.1, 0.15) is 0 Å². The maximum atomic E-state index is 5.32. The average molecular weight is 734 g/mol. The smallest absolute Gasteiger partial charge is 0.166 e. The van der Waals surface area contributed by atoms with Crippen molar-refractivity contribution in [2.24, 2.45) is 0 Å². The van der Waals surface area contributed by atoms with Crippen LogP contribution in [0.2, 0.25) is 0 Å². The second-order valence-electron chi connectivity index (χ2n) is 13.9. The number of fused-ring (bicyclic) bond motifs is 6. The predicted molar refractivity (Wildman–Crippen MR) is 232 cm³/mol. The number of benzene rings is 7. The van der Waals surface area contributed by atoms with Gasteiger partial charge in [0.05, 0.1) is 22.4 Å². The van der Waals surface area contributed by atoms with Gasteiger partial charge in [-0.1, -0.05) is 133 Å². The lowest BCUT2D eigenvalue weighted by Gasteiger charge is -2.16. The minimum Gasteiger partial charge on any atom is -0.308 e. The molecule has 11 aromatic rings. The highest BCUT2D eigenvalue weighted by molar-refractivity contribution is 7.26. The molecule has 7 aromatic carbocycles. The molecular weight excluding hydrogens is 703 g/mol. The van der Waals surface area contributed by atoms with E-state index in [9.17, 15) is 0 Å². The lowest BCUT2D eigenvalue weighted by atomic mass is 10.0. The van der Waals surface area contributed by atoms with Gasteiger partial charge in [-0.3, -0.25) is 4.98 Å². The summed E-state index contributed by atoms with van der Waals surface area (Å²) in [5, 5.41) is 4.93. The molecule has 4 aromatic heterocycles. The number of thiophene rings is 1. The van der Waals surface area contributed by atoms with E-state index in [-0.39, 0.29) is 0 Å². The standard InChI is InChI=1S/C50H31N5S/c1-2-14-32(15-3-1)48-52-49(35-17-12-16-33(30-35)36-21-13-22-40-39-20-6-9-26-46(39)56-47(36)40)54-50(53-48)41-28-27-34(42-23-10-11-29-51-42)31-45(41)55-43-24-7-4-18-37(43)38-19-5-8-25-44(38)55/h1-31H. The van der Waals surface area contributed by atoms with E-state index in [1.54, 1.807) is 0 Å². The summed E-state index contributed by atoms with van der Waals surface area (Å²) in [6, 6.07) is 63.6. The molecule has 0 aliphatic heterocycles. The highest BCUT2D eigenvalue weighted by Crippen LogP contribution is 2.41. The summed E-state index contributed by atoms with van der Waals surface area (Å²) in [6.07, 6.45) is 1.84. The van der Waals surface area contributed by atoms with Crippen LogP contribution in [-0.2, 0) is 0 Å².